The lowest BCUT2D eigenvalue weighted by Gasteiger charge is -2.03. The molecule has 0 aliphatic rings. The Morgan fingerprint density at radius 2 is 1.11 bits per heavy atom. The number of aromatic nitrogens is 9. The zero-order valence-electron chi connectivity index (χ0n) is 37.9. The molecule has 5 aromatic rings. The maximum atomic E-state index is 5.14. The average molecular weight is 782 g/mol. The highest BCUT2D eigenvalue weighted by atomic mass is 32.1. The van der Waals surface area contributed by atoms with Gasteiger partial charge in [0.1, 0.15) is 5.76 Å². The van der Waals surface area contributed by atoms with E-state index in [-0.39, 0.29) is 0 Å². The van der Waals surface area contributed by atoms with Crippen molar-refractivity contribution < 1.29 is 9.05 Å². The fraction of sp³-hybridized carbons (Fsp3) is 0.698. The predicted molar refractivity (Wildman–Crippen MR) is 229 cm³/mol. The van der Waals surface area contributed by atoms with Crippen molar-refractivity contribution >= 4 is 11.5 Å². The lowest BCUT2D eigenvalue weighted by molar-refractivity contribution is 0.359. The average Bonchev–Trinajstić information content (AvgIpc) is 3.95. The largest absolute Gasteiger partial charge is 0.361 e. The summed E-state index contributed by atoms with van der Waals surface area (Å²) in [6.07, 6.45) is 6.08. The molecule has 12 heteroatoms. The van der Waals surface area contributed by atoms with Crippen LogP contribution in [-0.4, -0.2) is 44.4 Å². The van der Waals surface area contributed by atoms with E-state index in [4.69, 9.17) is 9.05 Å². The molecule has 0 aliphatic heterocycles. The first-order valence-electron chi connectivity index (χ1n) is 20.3. The Morgan fingerprint density at radius 3 is 1.38 bits per heavy atom. The molecule has 0 atom stereocenters. The molecule has 11 nitrogen and oxygen atoms in total. The summed E-state index contributed by atoms with van der Waals surface area (Å²) >= 11 is 1.64. The van der Waals surface area contributed by atoms with Gasteiger partial charge in [0.05, 0.1) is 23.3 Å². The predicted octanol–water partition coefficient (Wildman–Crippen LogP) is 13.2. The summed E-state index contributed by atoms with van der Waals surface area (Å²) in [5.41, 5.74) is 4.67. The normalized spacial score (nSPS) is 11.5. The van der Waals surface area contributed by atoms with Crippen molar-refractivity contribution in [2.75, 3.05) is 0 Å². The van der Waals surface area contributed by atoms with Crippen LogP contribution in [0.4, 0.5) is 0 Å². The Hall–Kier alpha value is -3.67. The summed E-state index contributed by atoms with van der Waals surface area (Å²) in [4.78, 5) is 5.63. The summed E-state index contributed by atoms with van der Waals surface area (Å²) in [5, 5.41) is 20.1. The Morgan fingerprint density at radius 1 is 0.527 bits per heavy atom. The van der Waals surface area contributed by atoms with Gasteiger partial charge in [-0.1, -0.05) is 126 Å². The molecule has 0 spiro atoms. The van der Waals surface area contributed by atoms with Crippen molar-refractivity contribution in [3.8, 4) is 0 Å². The number of hydrogen-bond donors (Lipinski definition) is 0. The first-order valence-corrected chi connectivity index (χ1v) is 21.0. The van der Waals surface area contributed by atoms with Crippen LogP contribution in [0.15, 0.2) is 39.8 Å². The highest BCUT2D eigenvalue weighted by molar-refractivity contribution is 7.05. The highest BCUT2D eigenvalue weighted by Crippen LogP contribution is 2.24. The van der Waals surface area contributed by atoms with Crippen molar-refractivity contribution in [2.45, 2.75) is 198 Å². The van der Waals surface area contributed by atoms with Gasteiger partial charge in [-0.25, -0.2) is 4.68 Å². The molecule has 310 valence electrons. The topological polar surface area (TPSA) is 126 Å². The van der Waals surface area contributed by atoms with Crippen molar-refractivity contribution in [2.24, 2.45) is 0 Å². The quantitative estimate of drug-likeness (QED) is 0.136. The first kappa shape index (κ1) is 49.3. The van der Waals surface area contributed by atoms with E-state index >= 15 is 0 Å². The highest BCUT2D eigenvalue weighted by Gasteiger charge is 2.12. The lowest BCUT2D eigenvalue weighted by Crippen LogP contribution is -2.00. The van der Waals surface area contributed by atoms with E-state index in [1.807, 2.05) is 41.7 Å². The van der Waals surface area contributed by atoms with Gasteiger partial charge in [0.2, 0.25) is 5.89 Å². The van der Waals surface area contributed by atoms with Crippen molar-refractivity contribution in [3.05, 3.63) is 75.7 Å². The standard InChI is InChI=1S/C9H16N2.C9H15NO.C9H15NS.C8H15N3.C8H14N2O/c1-7(2)9-5-10-11(6-9)8(3)4;2*1-6(2)8-5-9(7(3)4)11-10-8;1-6(2)8-5-11(7(3)4)10-9-8;1-5(2)7-9-8(6(3)4)11-10-7/h5-8H,1-4H3;3*5-7H,1-4H3;5-6H,1-4H3. The molecule has 0 fully saturated rings. The third-order valence-electron chi connectivity index (χ3n) is 8.35. The van der Waals surface area contributed by atoms with Crippen LogP contribution in [0.2, 0.25) is 0 Å². The molecule has 0 N–H and O–H groups in total. The number of hydrogen-bond acceptors (Lipinski definition) is 10. The van der Waals surface area contributed by atoms with E-state index in [0.717, 1.165) is 28.9 Å². The maximum absolute atomic E-state index is 5.14. The second-order valence-electron chi connectivity index (χ2n) is 17.1. The van der Waals surface area contributed by atoms with Crippen molar-refractivity contribution in [1.29, 1.82) is 0 Å². The second kappa shape index (κ2) is 24.1. The molecular weight excluding hydrogens is 707 g/mol. The molecule has 55 heavy (non-hydrogen) atoms. The third-order valence-corrected chi connectivity index (χ3v) is 9.45. The molecule has 0 radical (unpaired) electrons. The van der Waals surface area contributed by atoms with E-state index < -0.39 is 0 Å². The van der Waals surface area contributed by atoms with Crippen molar-refractivity contribution in [1.82, 2.24) is 44.4 Å². The van der Waals surface area contributed by atoms with Crippen LogP contribution in [-0.2, 0) is 0 Å². The fourth-order valence-electron chi connectivity index (χ4n) is 4.15. The molecule has 0 saturated carbocycles. The summed E-state index contributed by atoms with van der Waals surface area (Å²) in [7, 11) is 0. The number of rotatable bonds is 10. The minimum absolute atomic E-state index is 0.329. The van der Waals surface area contributed by atoms with Gasteiger partial charge in [-0.3, -0.25) is 4.68 Å². The molecule has 0 aromatic carbocycles. The summed E-state index contributed by atoms with van der Waals surface area (Å²) in [6, 6.07) is 5.15. The zero-order valence-corrected chi connectivity index (χ0v) is 38.7. The zero-order chi connectivity index (χ0) is 42.2. The molecule has 0 bridgehead atoms. The molecule has 5 aromatic heterocycles. The second-order valence-corrected chi connectivity index (χ2v) is 17.9. The van der Waals surface area contributed by atoms with Gasteiger partial charge in [0.25, 0.3) is 0 Å². The van der Waals surface area contributed by atoms with Gasteiger partial charge >= 0.3 is 0 Å². The lowest BCUT2D eigenvalue weighted by atomic mass is 10.1. The SMILES string of the molecule is CC(C)c1cc(C(C)C)on1.CC(C)c1cc(C(C)C)sn1.CC(C)c1cn(C(C)C)nn1.CC(C)c1cnn(C(C)C)c1.CC(C)c1noc(C(C)C)n1. The Bertz CT molecular complexity index is 1310. The van der Waals surface area contributed by atoms with Crippen LogP contribution in [0.3, 0.4) is 0 Å². The summed E-state index contributed by atoms with van der Waals surface area (Å²) in [6.45, 7) is 42.4. The fourth-order valence-corrected chi connectivity index (χ4v) is 5.01. The van der Waals surface area contributed by atoms with Crippen LogP contribution in [0.25, 0.3) is 0 Å². The number of nitrogens with zero attached hydrogens (tertiary/aromatic N) is 9. The van der Waals surface area contributed by atoms with E-state index in [1.54, 1.807) is 11.5 Å². The Labute approximate surface area is 337 Å². The monoisotopic (exact) mass is 782 g/mol. The van der Waals surface area contributed by atoms with E-state index in [1.165, 1.54) is 16.1 Å². The van der Waals surface area contributed by atoms with Crippen LogP contribution in [0.1, 0.15) is 243 Å². The molecule has 0 saturated heterocycles. The molecule has 0 amide bonds. The third kappa shape index (κ3) is 17.8. The molecular formula is C43H75N9O2S. The van der Waals surface area contributed by atoms with E-state index in [2.05, 4.69) is 172 Å². The van der Waals surface area contributed by atoms with Crippen LogP contribution >= 0.6 is 11.5 Å². The Kier molecular flexibility index (Phi) is 21.6. The first-order chi connectivity index (χ1) is 25.5. The van der Waals surface area contributed by atoms with Gasteiger partial charge < -0.3 is 9.05 Å². The van der Waals surface area contributed by atoms with Crippen LogP contribution < -0.4 is 0 Å². The van der Waals surface area contributed by atoms with Gasteiger partial charge in [0.15, 0.2) is 5.82 Å². The maximum Gasteiger partial charge on any atom is 0.229 e. The molecule has 0 unspecified atom stereocenters. The minimum Gasteiger partial charge on any atom is -0.361 e. The van der Waals surface area contributed by atoms with Gasteiger partial charge in [0, 0.05) is 53.2 Å². The van der Waals surface area contributed by atoms with Crippen molar-refractivity contribution in [3.63, 3.8) is 0 Å². The van der Waals surface area contributed by atoms with Gasteiger partial charge in [-0.05, 0) is 80.4 Å². The smallest absolute Gasteiger partial charge is 0.229 e. The van der Waals surface area contributed by atoms with Crippen LogP contribution in [0.5, 0.6) is 0 Å². The van der Waals surface area contributed by atoms with Gasteiger partial charge in [-0.15, -0.1) is 5.10 Å². The molecule has 0 aliphatic carbocycles. The van der Waals surface area contributed by atoms with Gasteiger partial charge in [-0.2, -0.15) is 14.5 Å². The van der Waals surface area contributed by atoms with E-state index in [0.29, 0.717) is 59.4 Å². The molecule has 5 rings (SSSR count). The summed E-state index contributed by atoms with van der Waals surface area (Å²) < 4.78 is 18.4. The summed E-state index contributed by atoms with van der Waals surface area (Å²) in [5.74, 6) is 6.35. The van der Waals surface area contributed by atoms with E-state index in [9.17, 15) is 0 Å². The molecule has 5 heterocycles. The Balaban J connectivity index is 0.000000344. The minimum atomic E-state index is 0.329. The van der Waals surface area contributed by atoms with Crippen LogP contribution in [0, 0.1) is 0 Å².